The first-order valence-electron chi connectivity index (χ1n) is 5.60. The first kappa shape index (κ1) is 15.4. The highest BCUT2D eigenvalue weighted by molar-refractivity contribution is 9.11. The van der Waals surface area contributed by atoms with Crippen LogP contribution in [0, 0.1) is 0 Å². The molecule has 6 heteroatoms. The van der Waals surface area contributed by atoms with Gasteiger partial charge in [-0.3, -0.25) is 4.79 Å². The topological polar surface area (TPSA) is 38.3 Å². The maximum absolute atomic E-state index is 12.2. The van der Waals surface area contributed by atoms with E-state index >= 15 is 0 Å². The lowest BCUT2D eigenvalue weighted by Gasteiger charge is -2.09. The van der Waals surface area contributed by atoms with Crippen molar-refractivity contribution in [1.29, 1.82) is 0 Å². The lowest BCUT2D eigenvalue weighted by atomic mass is 10.2. The van der Waals surface area contributed by atoms with Crippen molar-refractivity contribution in [2.24, 2.45) is 0 Å². The molecule has 0 aliphatic rings. The zero-order valence-electron chi connectivity index (χ0n) is 10.4. The third-order valence-electron chi connectivity index (χ3n) is 2.53. The smallest absolute Gasteiger partial charge is 0.255 e. The first-order valence-corrected chi connectivity index (χ1v) is 7.57. The van der Waals surface area contributed by atoms with Crippen molar-refractivity contribution in [2.45, 2.75) is 0 Å². The molecule has 0 spiro atoms. The number of anilines is 1. The molecule has 104 valence electrons. The van der Waals surface area contributed by atoms with Gasteiger partial charge in [-0.25, -0.2) is 0 Å². The molecule has 0 saturated carbocycles. The van der Waals surface area contributed by atoms with E-state index in [1.807, 2.05) is 6.07 Å². The van der Waals surface area contributed by atoms with Gasteiger partial charge in [0.2, 0.25) is 0 Å². The number of hydrogen-bond acceptors (Lipinski definition) is 2. The molecule has 0 saturated heterocycles. The molecule has 2 aromatic carbocycles. The van der Waals surface area contributed by atoms with E-state index in [0.717, 1.165) is 8.95 Å². The molecule has 0 aliphatic heterocycles. The maximum atomic E-state index is 12.2. The molecular formula is C14H10Br2ClNO2. The van der Waals surface area contributed by atoms with E-state index in [4.69, 9.17) is 16.3 Å². The minimum absolute atomic E-state index is 0.212. The Morgan fingerprint density at radius 1 is 1.15 bits per heavy atom. The van der Waals surface area contributed by atoms with E-state index < -0.39 is 0 Å². The van der Waals surface area contributed by atoms with Crippen LogP contribution in [0.3, 0.4) is 0 Å². The second-order valence-corrected chi connectivity index (χ2v) is 6.20. The number of carbonyl (C=O) groups excluding carboxylic acids is 1. The average Bonchev–Trinajstić information content (AvgIpc) is 2.39. The lowest BCUT2D eigenvalue weighted by molar-refractivity contribution is 0.102. The third-order valence-corrected chi connectivity index (χ3v) is 3.76. The first-order chi connectivity index (χ1) is 9.49. The number of rotatable bonds is 3. The van der Waals surface area contributed by atoms with Crippen molar-refractivity contribution in [2.75, 3.05) is 12.4 Å². The molecule has 0 aliphatic carbocycles. The van der Waals surface area contributed by atoms with Gasteiger partial charge >= 0.3 is 0 Å². The van der Waals surface area contributed by atoms with Gasteiger partial charge in [0.15, 0.2) is 0 Å². The summed E-state index contributed by atoms with van der Waals surface area (Å²) in [6.07, 6.45) is 0. The lowest BCUT2D eigenvalue weighted by Crippen LogP contribution is -2.12. The van der Waals surface area contributed by atoms with Gasteiger partial charge < -0.3 is 10.1 Å². The number of benzene rings is 2. The Morgan fingerprint density at radius 3 is 2.40 bits per heavy atom. The maximum Gasteiger partial charge on any atom is 0.255 e. The second-order valence-electron chi connectivity index (χ2n) is 3.96. The van der Waals surface area contributed by atoms with Crippen LogP contribution >= 0.6 is 43.5 Å². The van der Waals surface area contributed by atoms with E-state index in [2.05, 4.69) is 37.2 Å². The van der Waals surface area contributed by atoms with Crippen LogP contribution in [0.5, 0.6) is 5.75 Å². The molecule has 0 unspecified atom stereocenters. The molecule has 0 bridgehead atoms. The van der Waals surface area contributed by atoms with Crippen LogP contribution in [0.4, 0.5) is 5.69 Å². The number of amides is 1. The standard InChI is InChI=1S/C14H10Br2ClNO2/c1-20-13-7-11(2-3-12(13)17)18-14(19)8-4-9(15)6-10(16)5-8/h2-7H,1H3,(H,18,19). The van der Waals surface area contributed by atoms with E-state index in [1.165, 1.54) is 7.11 Å². The molecule has 0 heterocycles. The summed E-state index contributed by atoms with van der Waals surface area (Å²) < 4.78 is 6.76. The van der Waals surface area contributed by atoms with Gasteiger partial charge in [0.05, 0.1) is 12.1 Å². The van der Waals surface area contributed by atoms with Gasteiger partial charge in [-0.1, -0.05) is 43.5 Å². The molecule has 0 fully saturated rings. The second kappa shape index (κ2) is 6.61. The summed E-state index contributed by atoms with van der Waals surface area (Å²) in [7, 11) is 1.53. The summed E-state index contributed by atoms with van der Waals surface area (Å²) in [6, 6.07) is 10.4. The summed E-state index contributed by atoms with van der Waals surface area (Å²) in [5.74, 6) is 0.302. The Balaban J connectivity index is 2.23. The number of carbonyl (C=O) groups is 1. The van der Waals surface area contributed by atoms with E-state index in [0.29, 0.717) is 22.0 Å². The van der Waals surface area contributed by atoms with Gasteiger partial charge in [0, 0.05) is 26.3 Å². The Hall–Kier alpha value is -1.04. The summed E-state index contributed by atoms with van der Waals surface area (Å²) in [6.45, 7) is 0. The normalized spacial score (nSPS) is 10.2. The molecule has 2 rings (SSSR count). The summed E-state index contributed by atoms with van der Waals surface area (Å²) in [5.41, 5.74) is 1.16. The zero-order valence-corrected chi connectivity index (χ0v) is 14.3. The minimum Gasteiger partial charge on any atom is -0.495 e. The molecule has 1 N–H and O–H groups in total. The zero-order chi connectivity index (χ0) is 14.7. The molecule has 0 aromatic heterocycles. The number of nitrogens with one attached hydrogen (secondary N) is 1. The van der Waals surface area contributed by atoms with Crippen molar-refractivity contribution >= 4 is 55.1 Å². The average molecular weight is 420 g/mol. The highest BCUT2D eigenvalue weighted by atomic mass is 79.9. The number of ether oxygens (including phenoxy) is 1. The number of methoxy groups -OCH3 is 1. The minimum atomic E-state index is -0.212. The summed E-state index contributed by atoms with van der Waals surface area (Å²) in [4.78, 5) is 12.2. The van der Waals surface area contributed by atoms with Gasteiger partial charge in [-0.05, 0) is 30.3 Å². The fraction of sp³-hybridized carbons (Fsp3) is 0.0714. The van der Waals surface area contributed by atoms with Crippen LogP contribution in [0.2, 0.25) is 5.02 Å². The van der Waals surface area contributed by atoms with Gasteiger partial charge in [0.25, 0.3) is 5.91 Å². The number of hydrogen-bond donors (Lipinski definition) is 1. The molecule has 2 aromatic rings. The Kier molecular flexibility index (Phi) is 5.07. The van der Waals surface area contributed by atoms with Gasteiger partial charge in [-0.2, -0.15) is 0 Å². The Labute approximate surface area is 138 Å². The van der Waals surface area contributed by atoms with Gasteiger partial charge in [-0.15, -0.1) is 0 Å². The fourth-order valence-electron chi connectivity index (χ4n) is 1.63. The molecule has 0 radical (unpaired) electrons. The van der Waals surface area contributed by atoms with Crippen LogP contribution in [0.1, 0.15) is 10.4 Å². The molecule has 0 atom stereocenters. The fourth-order valence-corrected chi connectivity index (χ4v) is 3.11. The van der Waals surface area contributed by atoms with Gasteiger partial charge in [0.1, 0.15) is 5.75 Å². The predicted octanol–water partition coefficient (Wildman–Crippen LogP) is 5.13. The van der Waals surface area contributed by atoms with Crippen LogP contribution in [0.25, 0.3) is 0 Å². The Bertz CT molecular complexity index is 641. The predicted molar refractivity (Wildman–Crippen MR) is 87.8 cm³/mol. The molecule has 20 heavy (non-hydrogen) atoms. The quantitative estimate of drug-likeness (QED) is 0.749. The monoisotopic (exact) mass is 417 g/mol. The summed E-state index contributed by atoms with van der Waals surface area (Å²) >= 11 is 12.6. The highest BCUT2D eigenvalue weighted by Gasteiger charge is 2.09. The van der Waals surface area contributed by atoms with Crippen molar-refractivity contribution in [3.8, 4) is 5.75 Å². The number of halogens is 3. The van der Waals surface area contributed by atoms with E-state index in [-0.39, 0.29) is 5.91 Å². The van der Waals surface area contributed by atoms with Crippen LogP contribution in [-0.2, 0) is 0 Å². The Morgan fingerprint density at radius 2 is 1.80 bits per heavy atom. The van der Waals surface area contributed by atoms with E-state index in [1.54, 1.807) is 30.3 Å². The van der Waals surface area contributed by atoms with Crippen LogP contribution < -0.4 is 10.1 Å². The molecular weight excluding hydrogens is 409 g/mol. The summed E-state index contributed by atoms with van der Waals surface area (Å²) in [5, 5.41) is 3.29. The van der Waals surface area contributed by atoms with Crippen molar-refractivity contribution in [3.63, 3.8) is 0 Å². The van der Waals surface area contributed by atoms with Crippen LogP contribution in [0.15, 0.2) is 45.3 Å². The molecule has 1 amide bonds. The largest absolute Gasteiger partial charge is 0.495 e. The third kappa shape index (κ3) is 3.75. The molecule has 3 nitrogen and oxygen atoms in total. The van der Waals surface area contributed by atoms with Crippen molar-refractivity contribution in [3.05, 3.63) is 55.9 Å². The van der Waals surface area contributed by atoms with Crippen molar-refractivity contribution in [1.82, 2.24) is 0 Å². The highest BCUT2D eigenvalue weighted by Crippen LogP contribution is 2.28. The van der Waals surface area contributed by atoms with E-state index in [9.17, 15) is 4.79 Å². The SMILES string of the molecule is COc1cc(NC(=O)c2cc(Br)cc(Br)c2)ccc1Cl. The van der Waals surface area contributed by atoms with Crippen LogP contribution in [-0.4, -0.2) is 13.0 Å². The van der Waals surface area contributed by atoms with Crippen molar-refractivity contribution < 1.29 is 9.53 Å².